The Morgan fingerprint density at radius 2 is 2.00 bits per heavy atom. The first-order valence-electron chi connectivity index (χ1n) is 7.03. The number of fused-ring (bicyclic) bond motifs is 1. The Morgan fingerprint density at radius 3 is 2.78 bits per heavy atom. The predicted octanol–water partition coefficient (Wildman–Crippen LogP) is 2.89. The van der Waals surface area contributed by atoms with Crippen molar-refractivity contribution in [1.29, 1.82) is 0 Å². The zero-order valence-corrected chi connectivity index (χ0v) is 11.9. The van der Waals surface area contributed by atoms with Gasteiger partial charge < -0.3 is 5.32 Å². The van der Waals surface area contributed by atoms with Crippen LogP contribution in [-0.4, -0.2) is 22.8 Å². The van der Waals surface area contributed by atoms with Crippen LogP contribution < -0.4 is 5.32 Å². The SMILES string of the molecule is CSc1nc(C2CCCCC2)nc2c1CNCC2. The molecular formula is C14H21N3S. The number of thioether (sulfide) groups is 1. The van der Waals surface area contributed by atoms with Gasteiger partial charge in [0.05, 0.1) is 5.69 Å². The van der Waals surface area contributed by atoms with Crippen molar-refractivity contribution < 1.29 is 0 Å². The van der Waals surface area contributed by atoms with Crippen molar-refractivity contribution in [3.8, 4) is 0 Å². The summed E-state index contributed by atoms with van der Waals surface area (Å²) >= 11 is 1.77. The lowest BCUT2D eigenvalue weighted by molar-refractivity contribution is 0.423. The third-order valence-electron chi connectivity index (χ3n) is 4.08. The van der Waals surface area contributed by atoms with E-state index in [1.165, 1.54) is 48.4 Å². The highest BCUT2D eigenvalue weighted by Crippen LogP contribution is 2.33. The monoisotopic (exact) mass is 263 g/mol. The second-order valence-corrected chi connectivity index (χ2v) is 6.07. The molecule has 0 atom stereocenters. The van der Waals surface area contributed by atoms with E-state index in [2.05, 4.69) is 11.6 Å². The third kappa shape index (κ3) is 2.41. The Hall–Kier alpha value is -0.610. The van der Waals surface area contributed by atoms with Crippen LogP contribution in [0.2, 0.25) is 0 Å². The zero-order valence-electron chi connectivity index (χ0n) is 11.0. The summed E-state index contributed by atoms with van der Waals surface area (Å²) in [5.41, 5.74) is 2.64. The van der Waals surface area contributed by atoms with Gasteiger partial charge in [0.2, 0.25) is 0 Å². The summed E-state index contributed by atoms with van der Waals surface area (Å²) in [6, 6.07) is 0. The lowest BCUT2D eigenvalue weighted by atomic mass is 9.88. The molecule has 1 fully saturated rings. The van der Waals surface area contributed by atoms with Crippen LogP contribution in [0.4, 0.5) is 0 Å². The van der Waals surface area contributed by atoms with Gasteiger partial charge in [-0.05, 0) is 19.1 Å². The Morgan fingerprint density at radius 1 is 1.17 bits per heavy atom. The van der Waals surface area contributed by atoms with Crippen LogP contribution in [0.5, 0.6) is 0 Å². The van der Waals surface area contributed by atoms with Crippen molar-refractivity contribution in [3.63, 3.8) is 0 Å². The second-order valence-electron chi connectivity index (χ2n) is 5.28. The van der Waals surface area contributed by atoms with E-state index in [9.17, 15) is 0 Å². The van der Waals surface area contributed by atoms with Crippen LogP contribution >= 0.6 is 11.8 Å². The van der Waals surface area contributed by atoms with E-state index in [1.54, 1.807) is 11.8 Å². The van der Waals surface area contributed by atoms with Crippen molar-refractivity contribution >= 4 is 11.8 Å². The first-order valence-corrected chi connectivity index (χ1v) is 8.25. The minimum atomic E-state index is 0.616. The fourth-order valence-electron chi connectivity index (χ4n) is 3.04. The largest absolute Gasteiger partial charge is 0.312 e. The Kier molecular flexibility index (Phi) is 3.85. The molecule has 98 valence electrons. The number of nitrogens with one attached hydrogen (secondary N) is 1. The molecule has 1 aromatic heterocycles. The summed E-state index contributed by atoms with van der Waals surface area (Å²) in [6.07, 6.45) is 9.84. The van der Waals surface area contributed by atoms with Gasteiger partial charge in [-0.15, -0.1) is 11.8 Å². The number of aromatic nitrogens is 2. The molecule has 1 aliphatic heterocycles. The van der Waals surface area contributed by atoms with Gasteiger partial charge in [-0.2, -0.15) is 0 Å². The van der Waals surface area contributed by atoms with Crippen molar-refractivity contribution in [1.82, 2.24) is 15.3 Å². The third-order valence-corrected chi connectivity index (χ3v) is 4.80. The second kappa shape index (κ2) is 5.57. The summed E-state index contributed by atoms with van der Waals surface area (Å²) in [6.45, 7) is 2.00. The fraction of sp³-hybridized carbons (Fsp3) is 0.714. The number of nitrogens with zero attached hydrogens (tertiary/aromatic N) is 2. The molecule has 4 heteroatoms. The van der Waals surface area contributed by atoms with E-state index < -0.39 is 0 Å². The van der Waals surface area contributed by atoms with E-state index >= 15 is 0 Å². The van der Waals surface area contributed by atoms with E-state index in [1.807, 2.05) is 0 Å². The van der Waals surface area contributed by atoms with Crippen LogP contribution in [0, 0.1) is 0 Å². The highest BCUT2D eigenvalue weighted by atomic mass is 32.2. The van der Waals surface area contributed by atoms with Crippen LogP contribution in [0.25, 0.3) is 0 Å². The first kappa shape index (κ1) is 12.4. The smallest absolute Gasteiger partial charge is 0.132 e. The molecular weight excluding hydrogens is 242 g/mol. The fourth-order valence-corrected chi connectivity index (χ4v) is 3.66. The molecule has 0 spiro atoms. The highest BCUT2D eigenvalue weighted by molar-refractivity contribution is 7.98. The minimum absolute atomic E-state index is 0.616. The summed E-state index contributed by atoms with van der Waals surface area (Å²) < 4.78 is 0. The van der Waals surface area contributed by atoms with Crippen LogP contribution in [-0.2, 0) is 13.0 Å². The molecule has 2 aliphatic rings. The van der Waals surface area contributed by atoms with Gasteiger partial charge in [-0.25, -0.2) is 9.97 Å². The Balaban J connectivity index is 1.94. The van der Waals surface area contributed by atoms with Gasteiger partial charge in [0, 0.05) is 31.0 Å². The molecule has 0 saturated heterocycles. The molecule has 1 N–H and O–H groups in total. The standard InChI is InChI=1S/C14H21N3S/c1-18-14-11-9-15-8-7-12(11)16-13(17-14)10-5-3-2-4-6-10/h10,15H,2-9H2,1H3. The van der Waals surface area contributed by atoms with Crippen LogP contribution in [0.3, 0.4) is 0 Å². The molecule has 0 radical (unpaired) electrons. The Labute approximate surface area is 113 Å². The average Bonchev–Trinajstić information content (AvgIpc) is 2.47. The van der Waals surface area contributed by atoms with Crippen molar-refractivity contribution in [2.75, 3.05) is 12.8 Å². The molecule has 2 heterocycles. The summed E-state index contributed by atoms with van der Waals surface area (Å²) in [5.74, 6) is 1.74. The number of hydrogen-bond acceptors (Lipinski definition) is 4. The van der Waals surface area contributed by atoms with Gasteiger partial charge in [-0.1, -0.05) is 19.3 Å². The summed E-state index contributed by atoms with van der Waals surface area (Å²) in [7, 11) is 0. The lowest BCUT2D eigenvalue weighted by Crippen LogP contribution is -2.27. The Bertz CT molecular complexity index is 410. The molecule has 1 aliphatic carbocycles. The molecule has 0 bridgehead atoms. The van der Waals surface area contributed by atoms with Crippen LogP contribution in [0.15, 0.2) is 5.03 Å². The minimum Gasteiger partial charge on any atom is -0.312 e. The van der Waals surface area contributed by atoms with E-state index in [-0.39, 0.29) is 0 Å². The van der Waals surface area contributed by atoms with Gasteiger partial charge in [-0.3, -0.25) is 0 Å². The molecule has 1 aromatic rings. The quantitative estimate of drug-likeness (QED) is 0.657. The molecule has 0 aromatic carbocycles. The maximum Gasteiger partial charge on any atom is 0.132 e. The topological polar surface area (TPSA) is 37.8 Å². The molecule has 18 heavy (non-hydrogen) atoms. The number of rotatable bonds is 2. The van der Waals surface area contributed by atoms with Crippen LogP contribution in [0.1, 0.15) is 55.1 Å². The molecule has 0 amide bonds. The molecule has 3 rings (SSSR count). The predicted molar refractivity (Wildman–Crippen MR) is 75.0 cm³/mol. The molecule has 3 nitrogen and oxygen atoms in total. The highest BCUT2D eigenvalue weighted by Gasteiger charge is 2.22. The van der Waals surface area contributed by atoms with E-state index in [0.29, 0.717) is 5.92 Å². The van der Waals surface area contributed by atoms with Gasteiger partial charge >= 0.3 is 0 Å². The normalized spacial score (nSPS) is 20.7. The van der Waals surface area contributed by atoms with Crippen molar-refractivity contribution in [2.45, 2.75) is 56.0 Å². The van der Waals surface area contributed by atoms with Gasteiger partial charge in [0.25, 0.3) is 0 Å². The van der Waals surface area contributed by atoms with Crippen molar-refractivity contribution in [2.24, 2.45) is 0 Å². The van der Waals surface area contributed by atoms with E-state index in [0.717, 1.165) is 25.3 Å². The van der Waals surface area contributed by atoms with Gasteiger partial charge in [0.1, 0.15) is 10.9 Å². The van der Waals surface area contributed by atoms with E-state index in [4.69, 9.17) is 9.97 Å². The van der Waals surface area contributed by atoms with Crippen molar-refractivity contribution in [3.05, 3.63) is 17.1 Å². The number of hydrogen-bond donors (Lipinski definition) is 1. The maximum absolute atomic E-state index is 4.88. The molecule has 0 unspecified atom stereocenters. The lowest BCUT2D eigenvalue weighted by Gasteiger charge is -2.24. The van der Waals surface area contributed by atoms with Gasteiger partial charge in [0.15, 0.2) is 0 Å². The first-order chi connectivity index (χ1) is 8.88. The molecule has 1 saturated carbocycles. The maximum atomic E-state index is 4.88. The zero-order chi connectivity index (χ0) is 12.4. The average molecular weight is 263 g/mol. The summed E-state index contributed by atoms with van der Waals surface area (Å²) in [4.78, 5) is 9.72. The summed E-state index contributed by atoms with van der Waals surface area (Å²) in [5, 5.41) is 4.62.